The van der Waals surface area contributed by atoms with E-state index in [1.807, 2.05) is 0 Å². The molecule has 0 heteroatoms. The van der Waals surface area contributed by atoms with Crippen molar-refractivity contribution in [3.63, 3.8) is 0 Å². The maximum atomic E-state index is 2.37. The third-order valence-corrected chi connectivity index (χ3v) is 4.55. The summed E-state index contributed by atoms with van der Waals surface area (Å²) >= 11 is 0. The van der Waals surface area contributed by atoms with E-state index in [1.54, 1.807) is 0 Å². The van der Waals surface area contributed by atoms with Gasteiger partial charge in [0, 0.05) is 0 Å². The molecule has 0 aliphatic carbocycles. The van der Waals surface area contributed by atoms with Crippen molar-refractivity contribution in [2.75, 3.05) is 0 Å². The number of benzene rings is 3. The Morgan fingerprint density at radius 2 is 1.52 bits per heavy atom. The van der Waals surface area contributed by atoms with Crippen molar-refractivity contribution < 1.29 is 0 Å². The molecule has 0 amide bonds. The second kappa shape index (κ2) is 6.30. The molecule has 0 saturated carbocycles. The first-order valence-electron chi connectivity index (χ1n) is 8.21. The van der Waals surface area contributed by atoms with Crippen LogP contribution in [0.2, 0.25) is 0 Å². The standard InChI is InChI=1S/C21H24/c1-3-4-5-9-16(2)20-13-8-12-19-14-17-10-6-7-11-18(17)15-21(19)20/h6-8,10-16H,3-5,9H2,1-2H3. The molecule has 0 bridgehead atoms. The fourth-order valence-electron chi connectivity index (χ4n) is 3.28. The second-order valence-corrected chi connectivity index (χ2v) is 6.16. The van der Waals surface area contributed by atoms with E-state index in [1.165, 1.54) is 52.8 Å². The van der Waals surface area contributed by atoms with Crippen molar-refractivity contribution in [1.29, 1.82) is 0 Å². The van der Waals surface area contributed by atoms with Crippen molar-refractivity contribution in [1.82, 2.24) is 0 Å². The molecule has 108 valence electrons. The van der Waals surface area contributed by atoms with Crippen molar-refractivity contribution in [2.24, 2.45) is 0 Å². The zero-order valence-electron chi connectivity index (χ0n) is 13.1. The summed E-state index contributed by atoms with van der Waals surface area (Å²) in [7, 11) is 0. The van der Waals surface area contributed by atoms with Gasteiger partial charge in [-0.15, -0.1) is 0 Å². The quantitative estimate of drug-likeness (QED) is 0.360. The highest BCUT2D eigenvalue weighted by Gasteiger charge is 2.09. The Bertz CT molecular complexity index is 739. The molecule has 0 nitrogen and oxygen atoms in total. The van der Waals surface area contributed by atoms with Crippen LogP contribution in [0.1, 0.15) is 51.0 Å². The minimum atomic E-state index is 0.640. The summed E-state index contributed by atoms with van der Waals surface area (Å²) < 4.78 is 0. The molecule has 0 aromatic heterocycles. The Kier molecular flexibility index (Phi) is 4.24. The lowest BCUT2D eigenvalue weighted by molar-refractivity contribution is 0.600. The number of rotatable bonds is 5. The van der Waals surface area contributed by atoms with Gasteiger partial charge < -0.3 is 0 Å². The lowest BCUT2D eigenvalue weighted by Gasteiger charge is -2.15. The molecule has 0 aliphatic heterocycles. The van der Waals surface area contributed by atoms with Crippen LogP contribution in [0.5, 0.6) is 0 Å². The van der Waals surface area contributed by atoms with Gasteiger partial charge in [-0.25, -0.2) is 0 Å². The summed E-state index contributed by atoms with van der Waals surface area (Å²) in [5.41, 5.74) is 1.51. The van der Waals surface area contributed by atoms with Crippen molar-refractivity contribution >= 4 is 21.5 Å². The third kappa shape index (κ3) is 2.95. The summed E-state index contributed by atoms with van der Waals surface area (Å²) in [4.78, 5) is 0. The van der Waals surface area contributed by atoms with Gasteiger partial charge in [-0.2, -0.15) is 0 Å². The van der Waals surface area contributed by atoms with E-state index in [0.717, 1.165) is 0 Å². The lowest BCUT2D eigenvalue weighted by atomic mass is 9.90. The molecule has 0 spiro atoms. The Hall–Kier alpha value is -1.82. The lowest BCUT2D eigenvalue weighted by Crippen LogP contribution is -1.95. The van der Waals surface area contributed by atoms with Crippen LogP contribution in [0.15, 0.2) is 54.6 Å². The first-order valence-corrected chi connectivity index (χ1v) is 8.21. The van der Waals surface area contributed by atoms with Gasteiger partial charge in [0.1, 0.15) is 0 Å². The number of fused-ring (bicyclic) bond motifs is 2. The summed E-state index contributed by atoms with van der Waals surface area (Å²) in [5.74, 6) is 0.640. The maximum absolute atomic E-state index is 2.37. The molecular weight excluding hydrogens is 252 g/mol. The minimum Gasteiger partial charge on any atom is -0.0654 e. The monoisotopic (exact) mass is 276 g/mol. The molecule has 0 heterocycles. The van der Waals surface area contributed by atoms with E-state index >= 15 is 0 Å². The molecule has 0 radical (unpaired) electrons. The first-order chi connectivity index (χ1) is 10.3. The van der Waals surface area contributed by atoms with Crippen LogP contribution in [0, 0.1) is 0 Å². The zero-order valence-corrected chi connectivity index (χ0v) is 13.1. The zero-order chi connectivity index (χ0) is 14.7. The van der Waals surface area contributed by atoms with Gasteiger partial charge in [0.25, 0.3) is 0 Å². The highest BCUT2D eigenvalue weighted by molar-refractivity contribution is 5.99. The van der Waals surface area contributed by atoms with Crippen LogP contribution in [-0.4, -0.2) is 0 Å². The summed E-state index contributed by atoms with van der Waals surface area (Å²) in [6, 6.07) is 20.1. The second-order valence-electron chi connectivity index (χ2n) is 6.16. The molecule has 21 heavy (non-hydrogen) atoms. The summed E-state index contributed by atoms with van der Waals surface area (Å²) in [6.45, 7) is 4.65. The molecule has 0 N–H and O–H groups in total. The topological polar surface area (TPSA) is 0 Å². The molecule has 3 aromatic carbocycles. The number of unbranched alkanes of at least 4 members (excludes halogenated alkanes) is 2. The fourth-order valence-corrected chi connectivity index (χ4v) is 3.28. The van der Waals surface area contributed by atoms with E-state index in [-0.39, 0.29) is 0 Å². The van der Waals surface area contributed by atoms with E-state index in [2.05, 4.69) is 68.4 Å². The fraction of sp³-hybridized carbons (Fsp3) is 0.333. The molecule has 0 aliphatic rings. The Morgan fingerprint density at radius 3 is 2.29 bits per heavy atom. The van der Waals surface area contributed by atoms with E-state index in [4.69, 9.17) is 0 Å². The average molecular weight is 276 g/mol. The predicted octanol–water partition coefficient (Wildman–Crippen LogP) is 6.68. The van der Waals surface area contributed by atoms with Gasteiger partial charge in [0.15, 0.2) is 0 Å². The Balaban J connectivity index is 2.04. The molecule has 1 unspecified atom stereocenters. The highest BCUT2D eigenvalue weighted by Crippen LogP contribution is 2.31. The first kappa shape index (κ1) is 14.1. The smallest absolute Gasteiger partial charge is 0.0143 e. The average Bonchev–Trinajstić information content (AvgIpc) is 2.52. The molecule has 1 atom stereocenters. The SMILES string of the molecule is CCCCCC(C)c1cccc2cc3ccccc3cc12. The molecule has 3 aromatic rings. The minimum absolute atomic E-state index is 0.640. The van der Waals surface area contributed by atoms with Gasteiger partial charge in [-0.3, -0.25) is 0 Å². The van der Waals surface area contributed by atoms with Crippen molar-refractivity contribution in [2.45, 2.75) is 45.4 Å². The molecule has 0 saturated heterocycles. The largest absolute Gasteiger partial charge is 0.0654 e. The van der Waals surface area contributed by atoms with Gasteiger partial charge >= 0.3 is 0 Å². The Labute approximate surface area is 127 Å². The molecule has 3 rings (SSSR count). The van der Waals surface area contributed by atoms with E-state index in [0.29, 0.717) is 5.92 Å². The van der Waals surface area contributed by atoms with Crippen molar-refractivity contribution in [3.05, 3.63) is 60.2 Å². The number of hydrogen-bond acceptors (Lipinski definition) is 0. The third-order valence-electron chi connectivity index (χ3n) is 4.55. The molecular formula is C21H24. The molecule has 0 fully saturated rings. The van der Waals surface area contributed by atoms with Crippen LogP contribution in [0.3, 0.4) is 0 Å². The number of hydrogen-bond donors (Lipinski definition) is 0. The Morgan fingerprint density at radius 1 is 0.810 bits per heavy atom. The van der Waals surface area contributed by atoms with Gasteiger partial charge in [-0.1, -0.05) is 75.6 Å². The van der Waals surface area contributed by atoms with Gasteiger partial charge in [0.05, 0.1) is 0 Å². The predicted molar refractivity (Wildman–Crippen MR) is 94.0 cm³/mol. The summed E-state index contributed by atoms with van der Waals surface area (Å²) in [5, 5.41) is 5.48. The summed E-state index contributed by atoms with van der Waals surface area (Å²) in [6.07, 6.45) is 5.27. The highest BCUT2D eigenvalue weighted by atomic mass is 14.1. The van der Waals surface area contributed by atoms with Crippen LogP contribution in [-0.2, 0) is 0 Å². The van der Waals surface area contributed by atoms with Crippen LogP contribution >= 0.6 is 0 Å². The maximum Gasteiger partial charge on any atom is -0.0143 e. The van der Waals surface area contributed by atoms with Crippen LogP contribution < -0.4 is 0 Å². The van der Waals surface area contributed by atoms with E-state index in [9.17, 15) is 0 Å². The van der Waals surface area contributed by atoms with Gasteiger partial charge in [-0.05, 0) is 51.6 Å². The van der Waals surface area contributed by atoms with Crippen LogP contribution in [0.25, 0.3) is 21.5 Å². The normalized spacial score (nSPS) is 12.9. The van der Waals surface area contributed by atoms with Gasteiger partial charge in [0.2, 0.25) is 0 Å². The van der Waals surface area contributed by atoms with E-state index < -0.39 is 0 Å². The van der Waals surface area contributed by atoms with Crippen LogP contribution in [0.4, 0.5) is 0 Å². The van der Waals surface area contributed by atoms with Crippen molar-refractivity contribution in [3.8, 4) is 0 Å².